The first-order chi connectivity index (χ1) is 9.54. The van der Waals surface area contributed by atoms with Crippen LogP contribution in [0.5, 0.6) is 0 Å². The van der Waals surface area contributed by atoms with E-state index in [4.69, 9.17) is 5.73 Å². The van der Waals surface area contributed by atoms with Gasteiger partial charge in [-0.1, -0.05) is 12.8 Å². The Bertz CT molecular complexity index is 432. The molecule has 6 nitrogen and oxygen atoms in total. The van der Waals surface area contributed by atoms with Gasteiger partial charge in [0.1, 0.15) is 0 Å². The van der Waals surface area contributed by atoms with Crippen molar-refractivity contribution in [3.8, 4) is 0 Å². The zero-order valence-corrected chi connectivity index (χ0v) is 12.7. The summed E-state index contributed by atoms with van der Waals surface area (Å²) in [7, 11) is -3.36. The minimum Gasteiger partial charge on any atom is -0.341 e. The molecule has 0 aromatic heterocycles. The van der Waals surface area contributed by atoms with Gasteiger partial charge in [0.2, 0.25) is 15.9 Å². The number of nitrogens with two attached hydrogens (primary N) is 1. The van der Waals surface area contributed by atoms with Crippen LogP contribution in [-0.4, -0.2) is 50.7 Å². The molecule has 2 fully saturated rings. The van der Waals surface area contributed by atoms with E-state index in [0.29, 0.717) is 19.5 Å². The van der Waals surface area contributed by atoms with Gasteiger partial charge in [-0.15, -0.1) is 0 Å². The van der Waals surface area contributed by atoms with Crippen molar-refractivity contribution in [2.45, 2.75) is 43.8 Å². The largest absolute Gasteiger partial charge is 0.341 e. The minimum atomic E-state index is -3.36. The van der Waals surface area contributed by atoms with E-state index in [1.807, 2.05) is 0 Å². The van der Waals surface area contributed by atoms with Gasteiger partial charge in [-0.3, -0.25) is 4.79 Å². The molecule has 1 unspecified atom stereocenters. The summed E-state index contributed by atoms with van der Waals surface area (Å²) < 4.78 is 26.8. The number of likely N-dealkylation sites (tertiary alicyclic amines) is 1. The average molecular weight is 303 g/mol. The monoisotopic (exact) mass is 303 g/mol. The second-order valence-corrected chi connectivity index (χ2v) is 7.80. The van der Waals surface area contributed by atoms with Crippen molar-refractivity contribution in [3.05, 3.63) is 0 Å². The first kappa shape index (κ1) is 15.7. The van der Waals surface area contributed by atoms with E-state index < -0.39 is 15.3 Å². The smallest absolute Gasteiger partial charge is 0.225 e. The molecule has 0 aromatic carbocycles. The zero-order valence-electron chi connectivity index (χ0n) is 11.9. The van der Waals surface area contributed by atoms with Gasteiger partial charge < -0.3 is 10.6 Å². The molecule has 0 bridgehead atoms. The normalized spacial score (nSPS) is 25.1. The van der Waals surface area contributed by atoms with Gasteiger partial charge in [0.05, 0.1) is 5.25 Å². The molecule has 2 rings (SSSR count). The van der Waals surface area contributed by atoms with E-state index in [2.05, 4.69) is 4.72 Å². The molecule has 3 N–H and O–H groups in total. The van der Waals surface area contributed by atoms with Gasteiger partial charge in [-0.05, 0) is 25.7 Å². The van der Waals surface area contributed by atoms with Crippen LogP contribution < -0.4 is 10.5 Å². The van der Waals surface area contributed by atoms with Crippen LogP contribution in [0.1, 0.15) is 38.5 Å². The van der Waals surface area contributed by atoms with Crippen LogP contribution in [0.4, 0.5) is 0 Å². The van der Waals surface area contributed by atoms with Crippen molar-refractivity contribution >= 4 is 15.9 Å². The number of nitrogens with zero attached hydrogens (tertiary/aromatic N) is 1. The Hall–Kier alpha value is -0.660. The topological polar surface area (TPSA) is 92.5 Å². The Balaban J connectivity index is 1.95. The molecule has 1 heterocycles. The fraction of sp³-hybridized carbons (Fsp3) is 0.923. The van der Waals surface area contributed by atoms with Gasteiger partial charge in [0, 0.05) is 32.1 Å². The quantitative estimate of drug-likeness (QED) is 0.750. The van der Waals surface area contributed by atoms with E-state index >= 15 is 0 Å². The molecule has 20 heavy (non-hydrogen) atoms. The van der Waals surface area contributed by atoms with Crippen LogP contribution in [0.25, 0.3) is 0 Å². The highest BCUT2D eigenvalue weighted by Gasteiger charge is 2.35. The Labute approximate surface area is 121 Å². The van der Waals surface area contributed by atoms with Crippen LogP contribution in [0.3, 0.4) is 0 Å². The van der Waals surface area contributed by atoms with Gasteiger partial charge in [0.25, 0.3) is 0 Å². The third-order valence-corrected chi connectivity index (χ3v) is 6.15. The summed E-state index contributed by atoms with van der Waals surface area (Å²) in [5, 5.41) is -0.492. The molecule has 1 saturated heterocycles. The molecule has 0 aromatic rings. The van der Waals surface area contributed by atoms with Crippen LogP contribution in [0.2, 0.25) is 0 Å². The fourth-order valence-electron chi connectivity index (χ4n) is 3.14. The maximum Gasteiger partial charge on any atom is 0.225 e. The number of rotatable bonds is 5. The third-order valence-electron chi connectivity index (χ3n) is 4.28. The van der Waals surface area contributed by atoms with Gasteiger partial charge in [-0.25, -0.2) is 13.1 Å². The van der Waals surface area contributed by atoms with Gasteiger partial charge in [-0.2, -0.15) is 0 Å². The predicted octanol–water partition coefficient (Wildman–Crippen LogP) is 0.0457. The molecule has 1 amide bonds. The van der Waals surface area contributed by atoms with Crippen LogP contribution >= 0.6 is 0 Å². The third kappa shape index (κ3) is 3.71. The number of piperidine rings is 1. The summed E-state index contributed by atoms with van der Waals surface area (Å²) in [5.41, 5.74) is 5.33. The highest BCUT2D eigenvalue weighted by Crippen LogP contribution is 2.28. The number of amides is 1. The summed E-state index contributed by atoms with van der Waals surface area (Å²) >= 11 is 0. The lowest BCUT2D eigenvalue weighted by atomic mass is 10.0. The maximum absolute atomic E-state index is 12.4. The Morgan fingerprint density at radius 1 is 1.20 bits per heavy atom. The van der Waals surface area contributed by atoms with Crippen LogP contribution in [0.15, 0.2) is 0 Å². The van der Waals surface area contributed by atoms with Crippen molar-refractivity contribution < 1.29 is 13.2 Å². The highest BCUT2D eigenvalue weighted by molar-refractivity contribution is 7.90. The Morgan fingerprint density at radius 2 is 1.90 bits per heavy atom. The lowest BCUT2D eigenvalue weighted by Crippen LogP contribution is -2.50. The van der Waals surface area contributed by atoms with Gasteiger partial charge >= 0.3 is 0 Å². The van der Waals surface area contributed by atoms with Crippen molar-refractivity contribution in [1.82, 2.24) is 9.62 Å². The predicted molar refractivity (Wildman–Crippen MR) is 77.5 cm³/mol. The standard InChI is InChI=1S/C13H25N3O3S/c14-7-8-15-20(18,19)12-6-3-9-16(10-12)13(17)11-4-1-2-5-11/h11-12,15H,1-10,14H2. The van der Waals surface area contributed by atoms with Crippen molar-refractivity contribution in [3.63, 3.8) is 0 Å². The molecular weight excluding hydrogens is 278 g/mol. The molecule has 1 saturated carbocycles. The Morgan fingerprint density at radius 3 is 2.55 bits per heavy atom. The van der Waals surface area contributed by atoms with E-state index in [9.17, 15) is 13.2 Å². The van der Waals surface area contributed by atoms with Gasteiger partial charge in [0.15, 0.2) is 0 Å². The average Bonchev–Trinajstić information content (AvgIpc) is 2.99. The van der Waals surface area contributed by atoms with E-state index in [1.165, 1.54) is 0 Å². The summed E-state index contributed by atoms with van der Waals surface area (Å²) in [6.45, 7) is 1.57. The van der Waals surface area contributed by atoms with Crippen molar-refractivity contribution in [2.24, 2.45) is 11.7 Å². The van der Waals surface area contributed by atoms with Crippen LogP contribution in [-0.2, 0) is 14.8 Å². The lowest BCUT2D eigenvalue weighted by molar-refractivity contribution is -0.136. The molecule has 1 aliphatic carbocycles. The SMILES string of the molecule is NCCNS(=O)(=O)C1CCCN(C(=O)C2CCCC2)C1. The van der Waals surface area contributed by atoms with E-state index in [1.54, 1.807) is 4.90 Å². The fourth-order valence-corrected chi connectivity index (χ4v) is 4.63. The summed E-state index contributed by atoms with van der Waals surface area (Å²) in [6, 6.07) is 0. The number of sulfonamides is 1. The molecule has 0 radical (unpaired) electrons. The summed E-state index contributed by atoms with van der Waals surface area (Å²) in [4.78, 5) is 14.1. The molecule has 1 atom stereocenters. The molecule has 116 valence electrons. The zero-order chi connectivity index (χ0) is 14.6. The number of hydrogen-bond acceptors (Lipinski definition) is 4. The van der Waals surface area contributed by atoms with Crippen LogP contribution in [0, 0.1) is 5.92 Å². The van der Waals surface area contributed by atoms with Crippen molar-refractivity contribution in [1.29, 1.82) is 0 Å². The lowest BCUT2D eigenvalue weighted by Gasteiger charge is -2.34. The number of carbonyl (C=O) groups is 1. The Kier molecular flexibility index (Phi) is 5.40. The first-order valence-corrected chi connectivity index (χ1v) is 9.06. The number of nitrogens with one attached hydrogen (secondary N) is 1. The second-order valence-electron chi connectivity index (χ2n) is 5.76. The maximum atomic E-state index is 12.4. The molecule has 1 aliphatic heterocycles. The minimum absolute atomic E-state index is 0.119. The van der Waals surface area contributed by atoms with E-state index in [0.717, 1.165) is 32.1 Å². The second kappa shape index (κ2) is 6.87. The molecule has 2 aliphatic rings. The number of hydrogen-bond donors (Lipinski definition) is 2. The number of carbonyl (C=O) groups excluding carboxylic acids is 1. The summed E-state index contributed by atoms with van der Waals surface area (Å²) in [5.74, 6) is 0.273. The molecule has 0 spiro atoms. The van der Waals surface area contributed by atoms with E-state index in [-0.39, 0.29) is 24.9 Å². The van der Waals surface area contributed by atoms with Crippen molar-refractivity contribution in [2.75, 3.05) is 26.2 Å². The molecule has 7 heteroatoms. The summed E-state index contributed by atoms with van der Waals surface area (Å²) in [6.07, 6.45) is 5.52. The highest BCUT2D eigenvalue weighted by atomic mass is 32.2. The molecular formula is C13H25N3O3S. The first-order valence-electron chi connectivity index (χ1n) is 7.52.